The molecule has 31 heavy (non-hydrogen) atoms. The Morgan fingerprint density at radius 2 is 1.68 bits per heavy atom. The number of halogens is 1. The third-order valence-electron chi connectivity index (χ3n) is 4.88. The lowest BCUT2D eigenvalue weighted by atomic mass is 10.1. The molecule has 0 fully saturated rings. The van der Waals surface area contributed by atoms with Crippen LogP contribution >= 0.6 is 0 Å². The highest BCUT2D eigenvalue weighted by Crippen LogP contribution is 2.35. The lowest BCUT2D eigenvalue weighted by Crippen LogP contribution is -2.44. The Morgan fingerprint density at radius 3 is 2.45 bits per heavy atom. The monoisotopic (exact) mass is 416 g/mol. The van der Waals surface area contributed by atoms with Gasteiger partial charge in [-0.3, -0.25) is 14.5 Å². The Bertz CT molecular complexity index is 1110. The minimum Gasteiger partial charge on any atom is -0.449 e. The average Bonchev–Trinajstić information content (AvgIpc) is 2.79. The SMILES string of the molecule is O=C(CN1C(=O)C(=Cc2ccc(F)cc2)Oc2ccccc21)NCCc1ccccc1. The van der Waals surface area contributed by atoms with Crippen molar-refractivity contribution in [3.8, 4) is 5.75 Å². The van der Waals surface area contributed by atoms with Crippen LogP contribution in [0.3, 0.4) is 0 Å². The molecule has 0 aromatic heterocycles. The van der Waals surface area contributed by atoms with Gasteiger partial charge < -0.3 is 10.1 Å². The summed E-state index contributed by atoms with van der Waals surface area (Å²) in [7, 11) is 0. The van der Waals surface area contributed by atoms with E-state index in [4.69, 9.17) is 4.74 Å². The number of anilines is 1. The second kappa shape index (κ2) is 9.26. The molecule has 1 N–H and O–H groups in total. The van der Waals surface area contributed by atoms with Crippen LogP contribution in [0.1, 0.15) is 11.1 Å². The van der Waals surface area contributed by atoms with Gasteiger partial charge in [-0.15, -0.1) is 0 Å². The Kier molecular flexibility index (Phi) is 6.08. The van der Waals surface area contributed by atoms with Crippen LogP contribution in [0.2, 0.25) is 0 Å². The molecule has 3 aromatic rings. The molecule has 0 atom stereocenters. The number of rotatable bonds is 6. The van der Waals surface area contributed by atoms with Crippen LogP contribution in [-0.2, 0) is 16.0 Å². The average molecular weight is 416 g/mol. The summed E-state index contributed by atoms with van der Waals surface area (Å²) in [4.78, 5) is 27.0. The number of nitrogens with one attached hydrogen (secondary N) is 1. The quantitative estimate of drug-likeness (QED) is 0.619. The van der Waals surface area contributed by atoms with Crippen LogP contribution in [0.15, 0.2) is 84.6 Å². The number of hydrogen-bond donors (Lipinski definition) is 1. The molecule has 5 nitrogen and oxygen atoms in total. The Hall–Kier alpha value is -3.93. The van der Waals surface area contributed by atoms with Gasteiger partial charge in [0, 0.05) is 6.54 Å². The standard InChI is InChI=1S/C25H21FN2O3/c26-20-12-10-19(11-13-20)16-23-25(30)28(21-8-4-5-9-22(21)31-23)17-24(29)27-15-14-18-6-2-1-3-7-18/h1-13,16H,14-15,17H2,(H,27,29). The van der Waals surface area contributed by atoms with Crippen LogP contribution in [0.4, 0.5) is 10.1 Å². The van der Waals surface area contributed by atoms with E-state index >= 15 is 0 Å². The van der Waals surface area contributed by atoms with E-state index in [-0.39, 0.29) is 24.0 Å². The maximum atomic E-state index is 13.2. The van der Waals surface area contributed by atoms with Crippen LogP contribution < -0.4 is 15.0 Å². The molecule has 4 rings (SSSR count). The van der Waals surface area contributed by atoms with Gasteiger partial charge in [0.2, 0.25) is 5.91 Å². The van der Waals surface area contributed by atoms with Gasteiger partial charge in [0.25, 0.3) is 5.91 Å². The lowest BCUT2D eigenvalue weighted by molar-refractivity contribution is -0.123. The van der Waals surface area contributed by atoms with Gasteiger partial charge in [-0.2, -0.15) is 0 Å². The van der Waals surface area contributed by atoms with Crippen LogP contribution in [0.5, 0.6) is 5.75 Å². The highest BCUT2D eigenvalue weighted by Gasteiger charge is 2.31. The molecule has 0 saturated carbocycles. The van der Waals surface area contributed by atoms with Crippen molar-refractivity contribution in [2.24, 2.45) is 0 Å². The number of nitrogens with zero attached hydrogens (tertiary/aromatic N) is 1. The van der Waals surface area contributed by atoms with E-state index in [0.717, 1.165) is 5.56 Å². The minimum absolute atomic E-state index is 0.0717. The van der Waals surface area contributed by atoms with Gasteiger partial charge >= 0.3 is 0 Å². The van der Waals surface area contributed by atoms with E-state index in [1.165, 1.54) is 23.1 Å². The number of amides is 2. The topological polar surface area (TPSA) is 58.6 Å². The van der Waals surface area contributed by atoms with Crippen molar-refractivity contribution in [2.75, 3.05) is 18.0 Å². The maximum absolute atomic E-state index is 13.2. The first-order valence-corrected chi connectivity index (χ1v) is 9.97. The third-order valence-corrected chi connectivity index (χ3v) is 4.88. The molecule has 0 aliphatic carbocycles. The molecule has 0 spiro atoms. The predicted molar refractivity (Wildman–Crippen MR) is 117 cm³/mol. The Morgan fingerprint density at radius 1 is 0.968 bits per heavy atom. The van der Waals surface area contributed by atoms with Crippen LogP contribution in [0.25, 0.3) is 6.08 Å². The number of fused-ring (bicyclic) bond motifs is 1. The van der Waals surface area contributed by atoms with E-state index < -0.39 is 5.91 Å². The zero-order valence-electron chi connectivity index (χ0n) is 16.8. The molecule has 1 aliphatic rings. The molecular weight excluding hydrogens is 395 g/mol. The zero-order chi connectivity index (χ0) is 21.6. The molecular formula is C25H21FN2O3. The summed E-state index contributed by atoms with van der Waals surface area (Å²) in [5, 5.41) is 2.87. The molecule has 0 bridgehead atoms. The summed E-state index contributed by atoms with van der Waals surface area (Å²) in [6, 6.07) is 22.6. The van der Waals surface area contributed by atoms with E-state index in [1.54, 1.807) is 36.4 Å². The molecule has 1 aliphatic heterocycles. The first kappa shape index (κ1) is 20.3. The number of carbonyl (C=O) groups excluding carboxylic acids is 2. The van der Waals surface area contributed by atoms with Crippen molar-refractivity contribution in [2.45, 2.75) is 6.42 Å². The summed E-state index contributed by atoms with van der Waals surface area (Å²) >= 11 is 0. The minimum atomic E-state index is -0.429. The molecule has 3 aromatic carbocycles. The van der Waals surface area contributed by atoms with E-state index in [2.05, 4.69) is 5.32 Å². The van der Waals surface area contributed by atoms with Gasteiger partial charge in [-0.1, -0.05) is 54.6 Å². The van der Waals surface area contributed by atoms with Crippen molar-refractivity contribution in [3.63, 3.8) is 0 Å². The first-order valence-electron chi connectivity index (χ1n) is 9.97. The Balaban J connectivity index is 1.49. The molecule has 1 heterocycles. The second-order valence-corrected chi connectivity index (χ2v) is 7.11. The van der Waals surface area contributed by atoms with Gasteiger partial charge in [-0.05, 0) is 47.9 Å². The molecule has 0 radical (unpaired) electrons. The molecule has 0 unspecified atom stereocenters. The normalized spacial score (nSPS) is 14.2. The summed E-state index contributed by atoms with van der Waals surface area (Å²) < 4.78 is 19.0. The molecule has 0 saturated heterocycles. The van der Waals surface area contributed by atoms with Crippen molar-refractivity contribution < 1.29 is 18.7 Å². The fourth-order valence-electron chi connectivity index (χ4n) is 3.32. The van der Waals surface area contributed by atoms with E-state index in [0.29, 0.717) is 30.0 Å². The lowest BCUT2D eigenvalue weighted by Gasteiger charge is -2.30. The maximum Gasteiger partial charge on any atom is 0.294 e. The predicted octanol–water partition coefficient (Wildman–Crippen LogP) is 3.95. The molecule has 156 valence electrons. The summed E-state index contributed by atoms with van der Waals surface area (Å²) in [5.74, 6) is -0.504. The molecule has 6 heteroatoms. The largest absolute Gasteiger partial charge is 0.449 e. The number of hydrogen-bond acceptors (Lipinski definition) is 3. The number of ether oxygens (including phenoxy) is 1. The highest BCUT2D eigenvalue weighted by molar-refractivity contribution is 6.12. The van der Waals surface area contributed by atoms with E-state index in [9.17, 15) is 14.0 Å². The fourth-order valence-corrected chi connectivity index (χ4v) is 3.32. The van der Waals surface area contributed by atoms with Gasteiger partial charge in [0.05, 0.1) is 5.69 Å². The number of benzene rings is 3. The Labute approximate surface area is 179 Å². The van der Waals surface area contributed by atoms with E-state index in [1.807, 2.05) is 30.3 Å². The number of para-hydroxylation sites is 2. The van der Waals surface area contributed by atoms with Gasteiger partial charge in [-0.25, -0.2) is 4.39 Å². The van der Waals surface area contributed by atoms with Gasteiger partial charge in [0.15, 0.2) is 11.5 Å². The summed E-state index contributed by atoms with van der Waals surface area (Å²) in [5.41, 5.74) is 2.28. The third kappa shape index (κ3) is 4.98. The van der Waals surface area contributed by atoms with Crippen LogP contribution in [-0.4, -0.2) is 24.9 Å². The van der Waals surface area contributed by atoms with Crippen LogP contribution in [0, 0.1) is 5.82 Å². The summed E-state index contributed by atoms with van der Waals surface area (Å²) in [6.07, 6.45) is 2.24. The summed E-state index contributed by atoms with van der Waals surface area (Å²) in [6.45, 7) is 0.343. The zero-order valence-corrected chi connectivity index (χ0v) is 16.8. The second-order valence-electron chi connectivity index (χ2n) is 7.11. The number of carbonyl (C=O) groups is 2. The smallest absolute Gasteiger partial charge is 0.294 e. The first-order chi connectivity index (χ1) is 15.1. The van der Waals surface area contributed by atoms with Crippen molar-refractivity contribution in [1.82, 2.24) is 5.32 Å². The van der Waals surface area contributed by atoms with Crippen molar-refractivity contribution in [3.05, 3.63) is 102 Å². The van der Waals surface area contributed by atoms with Crippen molar-refractivity contribution >= 4 is 23.6 Å². The van der Waals surface area contributed by atoms with Gasteiger partial charge in [0.1, 0.15) is 12.4 Å². The highest BCUT2D eigenvalue weighted by atomic mass is 19.1. The van der Waals surface area contributed by atoms with Crippen molar-refractivity contribution in [1.29, 1.82) is 0 Å². The fraction of sp³-hybridized carbons (Fsp3) is 0.120. The molecule has 2 amide bonds.